The molecule has 10 saturated heterocycles. The van der Waals surface area contributed by atoms with E-state index in [0.717, 1.165) is 110 Å². The highest BCUT2D eigenvalue weighted by Gasteiger charge is 2.44. The van der Waals surface area contributed by atoms with Crippen molar-refractivity contribution in [3.63, 3.8) is 0 Å². The average Bonchev–Trinajstić information content (AvgIpc) is 0.947. The number of nitrogens with one attached hydrogen (secondary N) is 3. The standard InChI is InChI=1S/C12H25N.C11H21NO.2C9H19N.C8H15FO.3C8H12N2.C8H16O2.C7H14.C6H12FN.C6H11FO.C6H13NO.C6H12O2.C6H12/c1-4-5-8-13-9-6-12(7-10-13)11(2)3;1-9(13)12-7-5-10(6-8-12)11(2,3)4;1-9(2,3)8-4-6-10-7-5-8;1-8(2)9-4-6-10(3)7-5-9;1-7(2)8(9)3-5-10-6-4-8;1-8(2,3)7-4-9-6-10-5-7;1-8(2,3)7-4-5-9-6-10-7;1-8(2,3)7-9-5-4-6-10-7;1-7(2)8(9)3-5-10-6-4-8;1-6(2)7-4-3-5-7;2*1-5(2)6(7)3-8-4-6;1-5(2)6(8)3-7-4-6;1-5(2)6(7)3-8-4-6;1-5(2)6-3-4-6/h11-12H,4-10H2,1-3H3;10H,5-8H2,1-4H3;8,10H,4-7H2,1-3H3;8-9H,4-7H2,1-3H3;7H,3-6H2,1-2H3;3*4-6H,1-3H3;7,9H,3-6H2,1-2H3;6-7H,3-5H2,1-2H3;5,8H,3-4H2,1-2H3;5H,3-4H2,1-2H3;5,7-8H,3-4H2,1-2H3;5,7H,3-4H2,1-2H3;5-6H,3-4H2,1-2H3. The van der Waals surface area contributed by atoms with Gasteiger partial charge in [-0.3, -0.25) is 4.79 Å². The number of alkyl halides is 3. The van der Waals surface area contributed by atoms with E-state index >= 15 is 0 Å². The van der Waals surface area contributed by atoms with Gasteiger partial charge < -0.3 is 64.9 Å². The number of β-amino-alcohol motifs (C(OH)–C–C–N with tert-alkyl or cyclic N) is 1. The SMILES string of the molecule is CC(=O)N1CCC(C(C)(C)C)CC1.CC(C)(C)C1CCNCC1.CC(C)(C)c1ccncn1.CC(C)(C)c1cncnc1.CC(C)(C)c1ncccn1.CC(C)C1(F)CCOCC1.CC(C)C1(F)CNC1.CC(C)C1(F)COC1.CC(C)C1(O)CCOCC1.CC(C)C1(O)CNC1.CC(C)C1(O)COC1.CC(C)C1CC1.CC(C)C1CCC1.CC(C)C1CCN(C)CC1.CCCCN1CCC(C(C)C)CC1. The molecule has 141 heavy (non-hydrogen) atoms. The molecule has 15 rings (SSSR count). The summed E-state index contributed by atoms with van der Waals surface area (Å²) in [5.41, 5.74) is -0.593. The molecule has 0 spiro atoms. The number of hydrogen-bond acceptors (Lipinski definition) is 19. The fraction of sp³-hybridized carbons (Fsp3) is 0.890. The van der Waals surface area contributed by atoms with E-state index in [1.54, 1.807) is 38.2 Å². The summed E-state index contributed by atoms with van der Waals surface area (Å²) in [6.45, 7) is 97.2. The van der Waals surface area contributed by atoms with Crippen LogP contribution in [0.1, 0.15) is 395 Å². The number of aromatic nitrogens is 6. The van der Waals surface area contributed by atoms with Crippen molar-refractivity contribution >= 4 is 5.91 Å². The van der Waals surface area contributed by atoms with Crippen molar-refractivity contribution in [3.05, 3.63) is 72.9 Å². The van der Waals surface area contributed by atoms with Crippen LogP contribution in [0.3, 0.4) is 0 Å². The van der Waals surface area contributed by atoms with E-state index in [1.165, 1.54) is 148 Å². The zero-order valence-electron chi connectivity index (χ0n) is 98.3. The van der Waals surface area contributed by atoms with Crippen LogP contribution < -0.4 is 16.0 Å². The molecule has 0 bridgehead atoms. The summed E-state index contributed by atoms with van der Waals surface area (Å²) in [4.78, 5) is 42.3. The van der Waals surface area contributed by atoms with Gasteiger partial charge in [-0.1, -0.05) is 275 Å². The Balaban J connectivity index is 0.000000758. The zero-order chi connectivity index (χ0) is 108. The van der Waals surface area contributed by atoms with E-state index in [9.17, 15) is 33.3 Å². The van der Waals surface area contributed by atoms with E-state index in [-0.39, 0.29) is 45.5 Å². The Morgan fingerprint density at radius 2 is 0.830 bits per heavy atom. The maximum atomic E-state index is 13.6. The van der Waals surface area contributed by atoms with Gasteiger partial charge in [0.15, 0.2) is 5.67 Å². The second kappa shape index (κ2) is 66.6. The molecule has 20 nitrogen and oxygen atoms in total. The number of amides is 1. The third kappa shape index (κ3) is 55.9. The van der Waals surface area contributed by atoms with Crippen LogP contribution in [0.4, 0.5) is 13.2 Å². The van der Waals surface area contributed by atoms with Gasteiger partial charge in [0.25, 0.3) is 0 Å². The molecule has 12 aliphatic rings. The summed E-state index contributed by atoms with van der Waals surface area (Å²) >= 11 is 0. The molecule has 13 heterocycles. The largest absolute Gasteiger partial charge is 0.389 e. The zero-order valence-corrected chi connectivity index (χ0v) is 98.3. The van der Waals surface area contributed by atoms with Crippen LogP contribution in [-0.2, 0) is 40.0 Å². The first-order valence-corrected chi connectivity index (χ1v) is 55.9. The van der Waals surface area contributed by atoms with Crippen LogP contribution in [0.5, 0.6) is 0 Å². The monoisotopic (exact) mass is 2000 g/mol. The summed E-state index contributed by atoms with van der Waals surface area (Å²) in [5.74, 6) is 12.2. The van der Waals surface area contributed by atoms with Crippen molar-refractivity contribution in [1.29, 1.82) is 0 Å². The van der Waals surface area contributed by atoms with Gasteiger partial charge in [-0.2, -0.15) is 0 Å². The molecule has 3 aromatic heterocycles. The highest BCUT2D eigenvalue weighted by atomic mass is 19.2. The van der Waals surface area contributed by atoms with Crippen molar-refractivity contribution in [2.75, 3.05) is 145 Å². The first-order chi connectivity index (χ1) is 65.3. The van der Waals surface area contributed by atoms with Gasteiger partial charge in [0, 0.05) is 133 Å². The Hall–Kier alpha value is -3.98. The summed E-state index contributed by atoms with van der Waals surface area (Å²) in [6.07, 6.45) is 35.9. The number of ether oxygens (including phenoxy) is 4. The van der Waals surface area contributed by atoms with Crippen LogP contribution >= 0.6 is 0 Å². The first-order valence-electron chi connectivity index (χ1n) is 55.9. The van der Waals surface area contributed by atoms with Gasteiger partial charge in [-0.05, 0) is 265 Å². The Kier molecular flexibility index (Phi) is 63.7. The highest BCUT2D eigenvalue weighted by molar-refractivity contribution is 5.73. The molecule has 0 atom stereocenters. The minimum atomic E-state index is -1.00. The summed E-state index contributed by atoms with van der Waals surface area (Å²) < 4.78 is 59.3. The van der Waals surface area contributed by atoms with Crippen molar-refractivity contribution in [1.82, 2.24) is 60.6 Å². The van der Waals surface area contributed by atoms with Crippen LogP contribution in [0.25, 0.3) is 0 Å². The number of piperidine rings is 4. The number of halogens is 3. The summed E-state index contributed by atoms with van der Waals surface area (Å²) in [6, 6.07) is 3.77. The molecule has 0 radical (unpaired) electrons. The van der Waals surface area contributed by atoms with Gasteiger partial charge in [0.05, 0.1) is 37.6 Å². The number of carbonyl (C=O) groups is 1. The van der Waals surface area contributed by atoms with Gasteiger partial charge in [0.2, 0.25) is 5.91 Å². The number of rotatable bonds is 13. The predicted molar refractivity (Wildman–Crippen MR) is 588 cm³/mol. The lowest BCUT2D eigenvalue weighted by Crippen LogP contribution is -2.62. The van der Waals surface area contributed by atoms with E-state index in [0.29, 0.717) is 107 Å². The van der Waals surface area contributed by atoms with Crippen molar-refractivity contribution < 1.29 is 52.2 Å². The number of aliphatic hydroxyl groups is 3. The smallest absolute Gasteiger partial charge is 0.219 e. The second-order valence-corrected chi connectivity index (χ2v) is 51.5. The molecule has 3 aromatic rings. The highest BCUT2D eigenvalue weighted by Crippen LogP contribution is 2.39. The van der Waals surface area contributed by atoms with Crippen LogP contribution in [0, 0.1) is 106 Å². The van der Waals surface area contributed by atoms with Crippen LogP contribution in [0.15, 0.2) is 55.8 Å². The molecule has 0 unspecified atom stereocenters. The van der Waals surface area contributed by atoms with Crippen LogP contribution in [-0.4, -0.2) is 245 Å². The molecule has 2 aliphatic carbocycles. The van der Waals surface area contributed by atoms with Gasteiger partial charge in [-0.25, -0.2) is 43.1 Å². The molecule has 12 fully saturated rings. The minimum Gasteiger partial charge on any atom is -0.389 e. The fourth-order valence-corrected chi connectivity index (χ4v) is 17.1. The Morgan fingerprint density at radius 1 is 0.426 bits per heavy atom. The lowest BCUT2D eigenvalue weighted by atomic mass is 9.75. The Bertz CT molecular complexity index is 3300. The summed E-state index contributed by atoms with van der Waals surface area (Å²) in [7, 11) is 2.22. The van der Waals surface area contributed by atoms with Crippen molar-refractivity contribution in [2.45, 2.75) is 428 Å². The quantitative estimate of drug-likeness (QED) is 0.0933. The number of hydrogen-bond donors (Lipinski definition) is 6. The van der Waals surface area contributed by atoms with E-state index in [4.69, 9.17) is 18.9 Å². The Morgan fingerprint density at radius 3 is 1.04 bits per heavy atom. The average molecular weight is 2000 g/mol. The minimum absolute atomic E-state index is 0.0707. The summed E-state index contributed by atoms with van der Waals surface area (Å²) in [5, 5.41) is 38.0. The first kappa shape index (κ1) is 135. The maximum Gasteiger partial charge on any atom is 0.219 e. The third-order valence-electron chi connectivity index (χ3n) is 31.6. The molecule has 0 aromatic carbocycles. The van der Waals surface area contributed by atoms with Crippen LogP contribution in [0.2, 0.25) is 0 Å². The lowest BCUT2D eigenvalue weighted by Gasteiger charge is -2.41. The van der Waals surface area contributed by atoms with Gasteiger partial charge >= 0.3 is 0 Å². The molecule has 23 heteroatoms. The lowest BCUT2D eigenvalue weighted by molar-refractivity contribution is -0.200. The van der Waals surface area contributed by atoms with Gasteiger partial charge in [0.1, 0.15) is 35.4 Å². The third-order valence-corrected chi connectivity index (χ3v) is 31.6. The van der Waals surface area contributed by atoms with E-state index in [1.807, 2.05) is 98.7 Å². The van der Waals surface area contributed by atoms with Gasteiger partial charge in [-0.15, -0.1) is 0 Å². The van der Waals surface area contributed by atoms with E-state index in [2.05, 4.69) is 243 Å². The number of likely N-dealkylation sites (tertiary alicyclic amines) is 3. The molecular formula is C118H225F3N12O8. The predicted octanol–water partition coefficient (Wildman–Crippen LogP) is 25.3. The molecule has 826 valence electrons. The van der Waals surface area contributed by atoms with Crippen molar-refractivity contribution in [3.8, 4) is 0 Å². The molecule has 10 aliphatic heterocycles. The number of nitrogens with zero attached hydrogens (tertiary/aromatic N) is 9. The Labute approximate surface area is 865 Å². The number of unbranched alkanes of at least 4 members (excludes halogenated alkanes) is 1. The molecule has 2 saturated carbocycles. The molecular weight excluding hydrogens is 1770 g/mol. The molecule has 6 N–H and O–H groups in total. The topological polar surface area (TPSA) is 238 Å². The van der Waals surface area contributed by atoms with E-state index < -0.39 is 28.2 Å². The molecule has 1 amide bonds. The fourth-order valence-electron chi connectivity index (χ4n) is 17.1. The second-order valence-electron chi connectivity index (χ2n) is 51.5. The van der Waals surface area contributed by atoms with Crippen molar-refractivity contribution in [2.24, 2.45) is 106 Å². The normalized spacial score (nSPS) is 21.1. The maximum absolute atomic E-state index is 13.6. The number of carbonyl (C=O) groups excluding carboxylic acids is 1.